The van der Waals surface area contributed by atoms with E-state index in [1.807, 2.05) is 18.7 Å². The normalized spacial score (nSPS) is 19.4. The van der Waals surface area contributed by atoms with Crippen molar-refractivity contribution in [3.05, 3.63) is 59.7 Å². The number of rotatable bonds is 3. The summed E-state index contributed by atoms with van der Waals surface area (Å²) < 4.78 is 2.09. The second-order valence-electron chi connectivity index (χ2n) is 8.17. The molecule has 0 fully saturated rings. The Morgan fingerprint density at radius 2 is 1.83 bits per heavy atom. The molecular weight excluding hydrogens is 280 g/mol. The summed E-state index contributed by atoms with van der Waals surface area (Å²) in [5.74, 6) is 0. The number of nitrogens with zero attached hydrogens (tertiary/aromatic N) is 2. The second kappa shape index (κ2) is 5.67. The Bertz CT molecular complexity index is 718. The third-order valence-electron chi connectivity index (χ3n) is 5.48. The maximum Gasteiger partial charge on any atom is 0.0948 e. The Labute approximate surface area is 140 Å². The van der Waals surface area contributed by atoms with E-state index in [-0.39, 0.29) is 10.8 Å². The first-order valence-corrected chi connectivity index (χ1v) is 8.57. The molecule has 0 unspecified atom stereocenters. The molecule has 1 aliphatic carbocycles. The summed E-state index contributed by atoms with van der Waals surface area (Å²) in [4.78, 5) is 4.10. The van der Waals surface area contributed by atoms with Gasteiger partial charge in [0, 0.05) is 18.9 Å². The van der Waals surface area contributed by atoms with E-state index < -0.39 is 0 Å². The molecule has 0 saturated heterocycles. The van der Waals surface area contributed by atoms with Crippen molar-refractivity contribution in [2.45, 2.75) is 64.8 Å². The van der Waals surface area contributed by atoms with Gasteiger partial charge in [0.25, 0.3) is 0 Å². The van der Waals surface area contributed by atoms with E-state index in [2.05, 4.69) is 68.4 Å². The van der Waals surface area contributed by atoms with Crippen LogP contribution in [0.3, 0.4) is 0 Å². The Morgan fingerprint density at radius 1 is 1.13 bits per heavy atom. The molecule has 122 valence electrons. The Kier molecular flexibility index (Phi) is 3.95. The summed E-state index contributed by atoms with van der Waals surface area (Å²) in [6.45, 7) is 12.6. The van der Waals surface area contributed by atoms with Gasteiger partial charge >= 0.3 is 0 Å². The van der Waals surface area contributed by atoms with E-state index >= 15 is 0 Å². The van der Waals surface area contributed by atoms with E-state index in [1.165, 1.54) is 35.1 Å². The number of imidazole rings is 1. The molecule has 1 aliphatic rings. The number of aromatic nitrogens is 2. The van der Waals surface area contributed by atoms with Gasteiger partial charge in [-0.15, -0.1) is 0 Å². The third-order valence-corrected chi connectivity index (χ3v) is 5.48. The summed E-state index contributed by atoms with van der Waals surface area (Å²) in [6.07, 6.45) is 10.5. The highest BCUT2D eigenvalue weighted by atomic mass is 15.0. The van der Waals surface area contributed by atoms with Gasteiger partial charge in [-0.3, -0.25) is 0 Å². The van der Waals surface area contributed by atoms with Crippen molar-refractivity contribution in [3.8, 4) is 0 Å². The molecule has 0 bridgehead atoms. The van der Waals surface area contributed by atoms with Gasteiger partial charge in [-0.2, -0.15) is 0 Å². The first-order valence-electron chi connectivity index (χ1n) is 8.57. The van der Waals surface area contributed by atoms with Gasteiger partial charge in [-0.1, -0.05) is 52.0 Å². The quantitative estimate of drug-likeness (QED) is 0.748. The molecule has 2 nitrogen and oxygen atoms in total. The van der Waals surface area contributed by atoms with Crippen molar-refractivity contribution in [2.75, 3.05) is 0 Å². The van der Waals surface area contributed by atoms with Gasteiger partial charge in [0.2, 0.25) is 0 Å². The van der Waals surface area contributed by atoms with E-state index in [1.54, 1.807) is 0 Å². The van der Waals surface area contributed by atoms with Gasteiger partial charge in [-0.05, 0) is 52.9 Å². The monoisotopic (exact) mass is 308 g/mol. The molecule has 1 aromatic heterocycles. The minimum Gasteiger partial charge on any atom is -0.334 e. The van der Waals surface area contributed by atoms with E-state index in [0.717, 1.165) is 6.54 Å². The standard InChI is InChI=1S/C21H28N2/c1-16(8-12-23-13-11-22-15-23)17-6-7-18-19(14-17)21(4,5)10-9-20(18,2)3/h6-8,11,13-15H,9-10,12H2,1-5H3. The molecule has 0 amide bonds. The van der Waals surface area contributed by atoms with Gasteiger partial charge in [-0.25, -0.2) is 4.98 Å². The van der Waals surface area contributed by atoms with Crippen LogP contribution < -0.4 is 0 Å². The second-order valence-corrected chi connectivity index (χ2v) is 8.17. The van der Waals surface area contributed by atoms with Crippen molar-refractivity contribution >= 4 is 5.57 Å². The van der Waals surface area contributed by atoms with E-state index in [9.17, 15) is 0 Å². The van der Waals surface area contributed by atoms with Crippen LogP contribution in [0.5, 0.6) is 0 Å². The fourth-order valence-corrected chi connectivity index (χ4v) is 3.59. The van der Waals surface area contributed by atoms with Crippen LogP contribution in [0.2, 0.25) is 0 Å². The van der Waals surface area contributed by atoms with Crippen LogP contribution in [0.25, 0.3) is 5.57 Å². The van der Waals surface area contributed by atoms with Crippen LogP contribution in [0, 0.1) is 0 Å². The topological polar surface area (TPSA) is 17.8 Å². The molecule has 0 radical (unpaired) electrons. The summed E-state index contributed by atoms with van der Waals surface area (Å²) >= 11 is 0. The Balaban J connectivity index is 1.95. The maximum atomic E-state index is 4.10. The smallest absolute Gasteiger partial charge is 0.0948 e. The maximum absolute atomic E-state index is 4.10. The summed E-state index contributed by atoms with van der Waals surface area (Å²) in [6, 6.07) is 7.08. The van der Waals surface area contributed by atoms with Crippen LogP contribution >= 0.6 is 0 Å². The average Bonchev–Trinajstić information content (AvgIpc) is 3.03. The highest BCUT2D eigenvalue weighted by molar-refractivity contribution is 5.65. The number of hydrogen-bond acceptors (Lipinski definition) is 1. The predicted octanol–water partition coefficient (Wildman–Crippen LogP) is 5.34. The lowest BCUT2D eigenvalue weighted by Crippen LogP contribution is -2.33. The van der Waals surface area contributed by atoms with Gasteiger partial charge in [0.15, 0.2) is 0 Å². The molecule has 1 aromatic carbocycles. The van der Waals surface area contributed by atoms with Crippen molar-refractivity contribution < 1.29 is 0 Å². The number of hydrogen-bond donors (Lipinski definition) is 0. The first kappa shape index (κ1) is 16.0. The van der Waals surface area contributed by atoms with Crippen LogP contribution in [-0.4, -0.2) is 9.55 Å². The average molecular weight is 308 g/mol. The fourth-order valence-electron chi connectivity index (χ4n) is 3.59. The van der Waals surface area contributed by atoms with Crippen LogP contribution in [-0.2, 0) is 17.4 Å². The Hall–Kier alpha value is -1.83. The zero-order valence-electron chi connectivity index (χ0n) is 15.1. The summed E-state index contributed by atoms with van der Waals surface area (Å²) in [5, 5.41) is 0. The first-order chi connectivity index (χ1) is 10.8. The highest BCUT2D eigenvalue weighted by Gasteiger charge is 2.36. The minimum absolute atomic E-state index is 0.269. The molecule has 1 heterocycles. The largest absolute Gasteiger partial charge is 0.334 e. The molecule has 2 heteroatoms. The fraction of sp³-hybridized carbons (Fsp3) is 0.476. The van der Waals surface area contributed by atoms with Crippen molar-refractivity contribution in [3.63, 3.8) is 0 Å². The molecule has 0 N–H and O–H groups in total. The van der Waals surface area contributed by atoms with Crippen LogP contribution in [0.15, 0.2) is 43.0 Å². The summed E-state index contributed by atoms with van der Waals surface area (Å²) in [5.41, 5.74) is 6.29. The van der Waals surface area contributed by atoms with Gasteiger partial charge < -0.3 is 4.57 Å². The molecular formula is C21H28N2. The lowest BCUT2D eigenvalue weighted by atomic mass is 9.63. The molecule has 0 spiro atoms. The molecule has 2 aromatic rings. The zero-order chi connectivity index (χ0) is 16.7. The number of benzene rings is 1. The third kappa shape index (κ3) is 3.12. The van der Waals surface area contributed by atoms with Gasteiger partial charge in [0.1, 0.15) is 0 Å². The summed E-state index contributed by atoms with van der Waals surface area (Å²) in [7, 11) is 0. The molecule has 0 atom stereocenters. The van der Waals surface area contributed by atoms with Crippen molar-refractivity contribution in [1.29, 1.82) is 0 Å². The van der Waals surface area contributed by atoms with Crippen LogP contribution in [0.1, 0.15) is 64.2 Å². The SMILES string of the molecule is CC(=CCn1ccnc1)c1ccc2c(c1)C(C)(C)CCC2(C)C. The van der Waals surface area contributed by atoms with Crippen LogP contribution in [0.4, 0.5) is 0 Å². The van der Waals surface area contributed by atoms with E-state index in [0.29, 0.717) is 0 Å². The zero-order valence-corrected chi connectivity index (χ0v) is 15.1. The lowest BCUT2D eigenvalue weighted by Gasteiger charge is -2.42. The molecule has 23 heavy (non-hydrogen) atoms. The lowest BCUT2D eigenvalue weighted by molar-refractivity contribution is 0.332. The molecule has 0 aliphatic heterocycles. The molecule has 0 saturated carbocycles. The number of allylic oxidation sites excluding steroid dienone is 2. The Morgan fingerprint density at radius 3 is 2.48 bits per heavy atom. The van der Waals surface area contributed by atoms with Crippen molar-refractivity contribution in [1.82, 2.24) is 9.55 Å². The predicted molar refractivity (Wildman–Crippen MR) is 97.6 cm³/mol. The minimum atomic E-state index is 0.269. The van der Waals surface area contributed by atoms with Crippen molar-refractivity contribution in [2.24, 2.45) is 0 Å². The van der Waals surface area contributed by atoms with E-state index in [4.69, 9.17) is 0 Å². The molecule has 3 rings (SSSR count). The highest BCUT2D eigenvalue weighted by Crippen LogP contribution is 2.46. The van der Waals surface area contributed by atoms with Gasteiger partial charge in [0.05, 0.1) is 6.33 Å². The number of fused-ring (bicyclic) bond motifs is 1.